The van der Waals surface area contributed by atoms with E-state index in [1.54, 1.807) is 20.8 Å². The number of carbonyl (C=O) groups is 5. The van der Waals surface area contributed by atoms with Crippen LogP contribution in [-0.4, -0.2) is 60.2 Å². The van der Waals surface area contributed by atoms with E-state index in [0.717, 1.165) is 11.1 Å². The molecule has 3 atom stereocenters. The number of rotatable bonds is 17. The summed E-state index contributed by atoms with van der Waals surface area (Å²) in [6.45, 7) is 9.45. The molecule has 0 aliphatic heterocycles. The Hall–Kier alpha value is -4.61. The predicted octanol–water partition coefficient (Wildman–Crippen LogP) is 3.72. The van der Waals surface area contributed by atoms with Crippen molar-refractivity contribution < 1.29 is 33.4 Å². The second-order valence-electron chi connectivity index (χ2n) is 12.5. The van der Waals surface area contributed by atoms with Gasteiger partial charge in [-0.2, -0.15) is 0 Å². The average Bonchev–Trinajstić information content (AvgIpc) is 2.98. The first-order chi connectivity index (χ1) is 21.7. The fourth-order valence-electron chi connectivity index (χ4n) is 4.48. The Morgan fingerprint density at radius 1 is 0.739 bits per heavy atom. The molecule has 5 amide bonds. The standard InChI is InChI=1S/C34H49N5O7/c1-23(2)20-27(30(41)37-26(29(35)40)18-12-13-19-36-32(43)46-34(3,4)5)38-31(42)28(21-24-14-8-6-9-15-24)39-33(44)45-22-25-16-10-7-11-17-25/h6-11,14-17,23,26-28H,12-13,18-22H2,1-5H3,(H2,35,40)(H,36,43)(H,37,41)(H,38,42)(H,39,44)/t26-,27-,28-/m0/s1. The molecule has 0 aliphatic carbocycles. The summed E-state index contributed by atoms with van der Waals surface area (Å²) in [5.41, 5.74) is 6.56. The van der Waals surface area contributed by atoms with E-state index in [0.29, 0.717) is 19.4 Å². The number of carbonyl (C=O) groups excluding carboxylic acids is 5. The minimum Gasteiger partial charge on any atom is -0.445 e. The van der Waals surface area contributed by atoms with Crippen LogP contribution >= 0.6 is 0 Å². The van der Waals surface area contributed by atoms with Crippen molar-refractivity contribution in [3.05, 3.63) is 71.8 Å². The monoisotopic (exact) mass is 639 g/mol. The van der Waals surface area contributed by atoms with Crippen molar-refractivity contribution in [3.63, 3.8) is 0 Å². The molecule has 6 N–H and O–H groups in total. The fraction of sp³-hybridized carbons (Fsp3) is 0.500. The number of ether oxygens (including phenoxy) is 2. The molecule has 12 nitrogen and oxygen atoms in total. The van der Waals surface area contributed by atoms with Crippen LogP contribution in [0.3, 0.4) is 0 Å². The number of unbranched alkanes of at least 4 members (excludes halogenated alkanes) is 1. The zero-order valence-corrected chi connectivity index (χ0v) is 27.5. The molecule has 12 heteroatoms. The molecule has 0 heterocycles. The molecule has 252 valence electrons. The zero-order chi connectivity index (χ0) is 34.1. The molecule has 2 rings (SSSR count). The summed E-state index contributed by atoms with van der Waals surface area (Å²) < 4.78 is 10.5. The molecular weight excluding hydrogens is 590 g/mol. The summed E-state index contributed by atoms with van der Waals surface area (Å²) in [4.78, 5) is 63.7. The van der Waals surface area contributed by atoms with Crippen molar-refractivity contribution in [2.75, 3.05) is 6.54 Å². The van der Waals surface area contributed by atoms with Gasteiger partial charge >= 0.3 is 12.2 Å². The van der Waals surface area contributed by atoms with E-state index in [1.807, 2.05) is 74.5 Å². The third-order valence-electron chi connectivity index (χ3n) is 6.69. The SMILES string of the molecule is CC(C)C[C@H](NC(=O)[C@H](Cc1ccccc1)NC(=O)OCc1ccccc1)C(=O)N[C@@H](CCCCNC(=O)OC(C)(C)C)C(N)=O. The molecular formula is C34H49N5O7. The number of benzene rings is 2. The van der Waals surface area contributed by atoms with Crippen molar-refractivity contribution in [1.82, 2.24) is 21.3 Å². The normalized spacial score (nSPS) is 13.1. The molecule has 0 unspecified atom stereocenters. The maximum atomic E-state index is 13.6. The van der Waals surface area contributed by atoms with Crippen molar-refractivity contribution in [2.24, 2.45) is 11.7 Å². The van der Waals surface area contributed by atoms with Crippen LogP contribution in [0, 0.1) is 5.92 Å². The average molecular weight is 640 g/mol. The third kappa shape index (κ3) is 15.4. The summed E-state index contributed by atoms with van der Waals surface area (Å²) in [6, 6.07) is 15.3. The number of alkyl carbamates (subject to hydrolysis) is 2. The minimum absolute atomic E-state index is 0.0124. The summed E-state index contributed by atoms with van der Waals surface area (Å²) >= 11 is 0. The van der Waals surface area contributed by atoms with Gasteiger partial charge in [-0.3, -0.25) is 14.4 Å². The molecule has 2 aromatic carbocycles. The van der Waals surface area contributed by atoms with Gasteiger partial charge in [0, 0.05) is 13.0 Å². The third-order valence-corrected chi connectivity index (χ3v) is 6.69. The van der Waals surface area contributed by atoms with Crippen LogP contribution in [0.25, 0.3) is 0 Å². The van der Waals surface area contributed by atoms with Crippen molar-refractivity contribution in [1.29, 1.82) is 0 Å². The molecule has 0 spiro atoms. The summed E-state index contributed by atoms with van der Waals surface area (Å²) in [6.07, 6.45) is 0.370. The van der Waals surface area contributed by atoms with Gasteiger partial charge in [-0.05, 0) is 63.5 Å². The number of nitrogens with one attached hydrogen (secondary N) is 4. The second-order valence-corrected chi connectivity index (χ2v) is 12.5. The van der Waals surface area contributed by atoms with Gasteiger partial charge in [0.05, 0.1) is 0 Å². The number of hydrogen-bond acceptors (Lipinski definition) is 7. The fourth-order valence-corrected chi connectivity index (χ4v) is 4.48. The Kier molecular flexibility index (Phi) is 15.5. The highest BCUT2D eigenvalue weighted by Gasteiger charge is 2.30. The highest BCUT2D eigenvalue weighted by Crippen LogP contribution is 2.11. The molecule has 46 heavy (non-hydrogen) atoms. The Balaban J connectivity index is 2.04. The van der Waals surface area contributed by atoms with E-state index < -0.39 is 53.6 Å². The second kappa shape index (κ2) is 19.0. The van der Waals surface area contributed by atoms with Crippen molar-refractivity contribution in [2.45, 2.75) is 97.1 Å². The van der Waals surface area contributed by atoms with Gasteiger partial charge < -0.3 is 36.5 Å². The largest absolute Gasteiger partial charge is 0.445 e. The molecule has 0 radical (unpaired) electrons. The smallest absolute Gasteiger partial charge is 0.408 e. The Morgan fingerprint density at radius 3 is 1.87 bits per heavy atom. The molecule has 0 saturated carbocycles. The summed E-state index contributed by atoms with van der Waals surface area (Å²) in [5, 5.41) is 10.7. The quantitative estimate of drug-likeness (QED) is 0.164. The van der Waals surface area contributed by atoms with E-state index >= 15 is 0 Å². The molecule has 0 fully saturated rings. The van der Waals surface area contributed by atoms with Crippen molar-refractivity contribution in [3.8, 4) is 0 Å². The van der Waals surface area contributed by atoms with Crippen LogP contribution in [0.1, 0.15) is 71.4 Å². The summed E-state index contributed by atoms with van der Waals surface area (Å²) in [5.74, 6) is -1.85. The molecule has 0 bridgehead atoms. The lowest BCUT2D eigenvalue weighted by atomic mass is 10.0. The Bertz CT molecular complexity index is 1270. The van der Waals surface area contributed by atoms with Crippen LogP contribution < -0.4 is 27.0 Å². The van der Waals surface area contributed by atoms with Crippen LogP contribution in [0.2, 0.25) is 0 Å². The Morgan fingerprint density at radius 2 is 1.30 bits per heavy atom. The van der Waals surface area contributed by atoms with E-state index in [1.165, 1.54) is 0 Å². The van der Waals surface area contributed by atoms with Gasteiger partial charge in [-0.25, -0.2) is 9.59 Å². The van der Waals surface area contributed by atoms with Crippen molar-refractivity contribution >= 4 is 29.9 Å². The maximum Gasteiger partial charge on any atom is 0.408 e. The van der Waals surface area contributed by atoms with E-state index in [9.17, 15) is 24.0 Å². The van der Waals surface area contributed by atoms with E-state index in [-0.39, 0.29) is 31.8 Å². The minimum atomic E-state index is -1.04. The molecule has 2 aromatic rings. The van der Waals surface area contributed by atoms with Crippen LogP contribution in [0.5, 0.6) is 0 Å². The van der Waals surface area contributed by atoms with Gasteiger partial charge in [0.1, 0.15) is 30.3 Å². The van der Waals surface area contributed by atoms with Gasteiger partial charge in [-0.1, -0.05) is 74.5 Å². The topological polar surface area (TPSA) is 178 Å². The first-order valence-corrected chi connectivity index (χ1v) is 15.6. The number of nitrogens with two attached hydrogens (primary N) is 1. The van der Waals surface area contributed by atoms with Gasteiger partial charge in [0.2, 0.25) is 17.7 Å². The molecule has 0 aromatic heterocycles. The van der Waals surface area contributed by atoms with Gasteiger partial charge in [0.25, 0.3) is 0 Å². The lowest BCUT2D eigenvalue weighted by Gasteiger charge is -2.26. The lowest BCUT2D eigenvalue weighted by molar-refractivity contribution is -0.132. The molecule has 0 aliphatic rings. The maximum absolute atomic E-state index is 13.6. The van der Waals surface area contributed by atoms with Gasteiger partial charge in [0.15, 0.2) is 0 Å². The van der Waals surface area contributed by atoms with Crippen LogP contribution in [0.4, 0.5) is 9.59 Å². The van der Waals surface area contributed by atoms with Crippen LogP contribution in [-0.2, 0) is 36.9 Å². The number of hydrogen-bond donors (Lipinski definition) is 5. The van der Waals surface area contributed by atoms with Gasteiger partial charge in [-0.15, -0.1) is 0 Å². The molecule has 0 saturated heterocycles. The lowest BCUT2D eigenvalue weighted by Crippen LogP contribution is -2.57. The highest BCUT2D eigenvalue weighted by atomic mass is 16.6. The number of primary amides is 1. The zero-order valence-electron chi connectivity index (χ0n) is 27.5. The van der Waals surface area contributed by atoms with Crippen LogP contribution in [0.15, 0.2) is 60.7 Å². The first kappa shape index (κ1) is 37.6. The highest BCUT2D eigenvalue weighted by molar-refractivity contribution is 5.93. The summed E-state index contributed by atoms with van der Waals surface area (Å²) in [7, 11) is 0. The predicted molar refractivity (Wildman–Crippen MR) is 174 cm³/mol. The first-order valence-electron chi connectivity index (χ1n) is 15.6. The van der Waals surface area contributed by atoms with E-state index in [4.69, 9.17) is 15.2 Å². The van der Waals surface area contributed by atoms with E-state index in [2.05, 4.69) is 21.3 Å². The number of amides is 5. The Labute approximate surface area is 271 Å².